The van der Waals surface area contributed by atoms with Gasteiger partial charge in [0.15, 0.2) is 0 Å². The van der Waals surface area contributed by atoms with Gasteiger partial charge in [0.25, 0.3) is 0 Å². The van der Waals surface area contributed by atoms with Gasteiger partial charge in [0.1, 0.15) is 17.5 Å². The Morgan fingerprint density at radius 3 is 2.63 bits per heavy atom. The van der Waals surface area contributed by atoms with Gasteiger partial charge >= 0.3 is 0 Å². The Morgan fingerprint density at radius 1 is 1.26 bits per heavy atom. The highest BCUT2D eigenvalue weighted by Crippen LogP contribution is 2.26. The maximum absolute atomic E-state index is 4.54. The molecule has 102 valence electrons. The van der Waals surface area contributed by atoms with E-state index < -0.39 is 0 Å². The van der Waals surface area contributed by atoms with Crippen LogP contribution < -0.4 is 10.6 Å². The molecule has 0 fully saturated rings. The summed E-state index contributed by atoms with van der Waals surface area (Å²) in [4.78, 5) is 10.3. The maximum atomic E-state index is 4.54. The molecule has 0 bridgehead atoms. The molecule has 0 aliphatic heterocycles. The van der Waals surface area contributed by atoms with E-state index in [2.05, 4.69) is 52.0 Å². The first kappa shape index (κ1) is 13.8. The van der Waals surface area contributed by atoms with Crippen LogP contribution in [0.15, 0.2) is 23.6 Å². The van der Waals surface area contributed by atoms with Crippen LogP contribution in [0.3, 0.4) is 0 Å². The fraction of sp³-hybridized carbons (Fsp3) is 0.429. The van der Waals surface area contributed by atoms with Crippen molar-refractivity contribution in [3.05, 3.63) is 34.3 Å². The number of anilines is 2. The van der Waals surface area contributed by atoms with Gasteiger partial charge < -0.3 is 10.6 Å². The van der Waals surface area contributed by atoms with Crippen LogP contribution in [0.1, 0.15) is 37.0 Å². The zero-order valence-corrected chi connectivity index (χ0v) is 12.4. The Balaban J connectivity index is 2.21. The van der Waals surface area contributed by atoms with E-state index in [1.165, 1.54) is 4.88 Å². The molecule has 1 unspecified atom stereocenters. The summed E-state index contributed by atoms with van der Waals surface area (Å²) in [5, 5.41) is 8.69. The molecule has 2 N–H and O–H groups in total. The zero-order chi connectivity index (χ0) is 13.7. The minimum Gasteiger partial charge on any atom is -0.373 e. The quantitative estimate of drug-likeness (QED) is 0.844. The summed E-state index contributed by atoms with van der Waals surface area (Å²) < 4.78 is 0. The molecule has 19 heavy (non-hydrogen) atoms. The first-order chi connectivity index (χ1) is 9.26. The van der Waals surface area contributed by atoms with E-state index in [1.807, 2.05) is 13.1 Å². The molecular weight excluding hydrogens is 256 g/mol. The lowest BCUT2D eigenvalue weighted by molar-refractivity contribution is 0.755. The smallest absolute Gasteiger partial charge is 0.132 e. The Hall–Kier alpha value is -1.62. The summed E-state index contributed by atoms with van der Waals surface area (Å²) in [6.07, 6.45) is 1.86. The molecule has 1 atom stereocenters. The lowest BCUT2D eigenvalue weighted by atomic mass is 10.2. The van der Waals surface area contributed by atoms with Gasteiger partial charge in [-0.1, -0.05) is 19.9 Å². The predicted molar refractivity (Wildman–Crippen MR) is 81.9 cm³/mol. The van der Waals surface area contributed by atoms with Gasteiger partial charge in [0.05, 0.1) is 6.04 Å². The average Bonchev–Trinajstić information content (AvgIpc) is 2.98. The normalized spacial score (nSPS) is 12.2. The molecule has 0 spiro atoms. The minimum atomic E-state index is 0.310. The van der Waals surface area contributed by atoms with Crippen LogP contribution in [0.25, 0.3) is 0 Å². The summed E-state index contributed by atoms with van der Waals surface area (Å²) in [5.74, 6) is 2.60. The van der Waals surface area contributed by atoms with Crippen LogP contribution in [0.5, 0.6) is 0 Å². The Morgan fingerprint density at radius 2 is 2.05 bits per heavy atom. The van der Waals surface area contributed by atoms with Crippen molar-refractivity contribution in [3.8, 4) is 0 Å². The first-order valence-corrected chi connectivity index (χ1v) is 7.50. The fourth-order valence-electron chi connectivity index (χ4n) is 1.90. The highest BCUT2D eigenvalue weighted by molar-refractivity contribution is 7.10. The van der Waals surface area contributed by atoms with Gasteiger partial charge in [-0.3, -0.25) is 0 Å². The molecule has 0 aromatic carbocycles. The predicted octanol–water partition coefficient (Wildman–Crippen LogP) is 3.71. The largest absolute Gasteiger partial charge is 0.373 e. The van der Waals surface area contributed by atoms with Gasteiger partial charge in [0.2, 0.25) is 0 Å². The molecule has 0 radical (unpaired) electrons. The van der Waals surface area contributed by atoms with E-state index in [9.17, 15) is 0 Å². The third kappa shape index (κ3) is 3.44. The standard InChI is InChI=1S/C14H20N4S/c1-4-10(11-7-6-8-19-11)16-14-9-13(15-3)17-12(5-2)18-14/h6-10H,4-5H2,1-3H3,(H2,15,16,17,18). The molecule has 0 amide bonds. The number of nitrogens with one attached hydrogen (secondary N) is 2. The number of hydrogen-bond donors (Lipinski definition) is 2. The topological polar surface area (TPSA) is 49.8 Å². The maximum Gasteiger partial charge on any atom is 0.132 e. The summed E-state index contributed by atoms with van der Waals surface area (Å²) in [6.45, 7) is 4.24. The van der Waals surface area contributed by atoms with Crippen molar-refractivity contribution in [2.45, 2.75) is 32.7 Å². The Labute approximate surface area is 118 Å². The molecule has 2 heterocycles. The average molecular weight is 276 g/mol. The monoisotopic (exact) mass is 276 g/mol. The van der Waals surface area contributed by atoms with Crippen molar-refractivity contribution >= 4 is 23.0 Å². The van der Waals surface area contributed by atoms with Crippen LogP contribution in [-0.4, -0.2) is 17.0 Å². The fourth-order valence-corrected chi connectivity index (χ4v) is 2.76. The molecule has 2 aromatic rings. The highest BCUT2D eigenvalue weighted by atomic mass is 32.1. The van der Waals surface area contributed by atoms with Crippen LogP contribution in [0.4, 0.5) is 11.6 Å². The third-order valence-corrected chi connectivity index (χ3v) is 3.95. The molecule has 5 heteroatoms. The lowest BCUT2D eigenvalue weighted by Crippen LogP contribution is -2.11. The van der Waals surface area contributed by atoms with E-state index >= 15 is 0 Å². The molecule has 0 saturated heterocycles. The number of aromatic nitrogens is 2. The van der Waals surface area contributed by atoms with Crippen LogP contribution in [-0.2, 0) is 6.42 Å². The van der Waals surface area contributed by atoms with E-state index in [-0.39, 0.29) is 0 Å². The second kappa shape index (κ2) is 6.52. The van der Waals surface area contributed by atoms with Gasteiger partial charge in [-0.05, 0) is 17.9 Å². The molecule has 2 aromatic heterocycles. The summed E-state index contributed by atoms with van der Waals surface area (Å²) in [6, 6.07) is 6.51. The minimum absolute atomic E-state index is 0.310. The molecule has 2 rings (SSSR count). The van der Waals surface area contributed by atoms with Gasteiger partial charge in [-0.15, -0.1) is 11.3 Å². The van der Waals surface area contributed by atoms with Crippen molar-refractivity contribution in [1.82, 2.24) is 9.97 Å². The lowest BCUT2D eigenvalue weighted by Gasteiger charge is -2.17. The third-order valence-electron chi connectivity index (χ3n) is 2.96. The second-order valence-corrected chi connectivity index (χ2v) is 5.26. The van der Waals surface area contributed by atoms with E-state index in [1.54, 1.807) is 11.3 Å². The van der Waals surface area contributed by atoms with E-state index in [4.69, 9.17) is 0 Å². The number of nitrogens with zero attached hydrogens (tertiary/aromatic N) is 2. The van der Waals surface area contributed by atoms with E-state index in [0.717, 1.165) is 30.3 Å². The van der Waals surface area contributed by atoms with Crippen molar-refractivity contribution in [3.63, 3.8) is 0 Å². The Bertz CT molecular complexity index is 488. The SMILES string of the molecule is CCc1nc(NC)cc(NC(CC)c2cccs2)n1. The first-order valence-electron chi connectivity index (χ1n) is 6.62. The number of hydrogen-bond acceptors (Lipinski definition) is 5. The van der Waals surface area contributed by atoms with Gasteiger partial charge in [-0.2, -0.15) is 0 Å². The van der Waals surface area contributed by atoms with Crippen molar-refractivity contribution in [2.75, 3.05) is 17.7 Å². The summed E-state index contributed by atoms with van der Waals surface area (Å²) >= 11 is 1.77. The van der Waals surface area contributed by atoms with Crippen LogP contribution in [0, 0.1) is 0 Å². The van der Waals surface area contributed by atoms with Crippen molar-refractivity contribution in [1.29, 1.82) is 0 Å². The van der Waals surface area contributed by atoms with Crippen molar-refractivity contribution in [2.24, 2.45) is 0 Å². The molecule has 0 aliphatic rings. The van der Waals surface area contributed by atoms with Gasteiger partial charge in [-0.25, -0.2) is 9.97 Å². The van der Waals surface area contributed by atoms with Gasteiger partial charge in [0, 0.05) is 24.4 Å². The Kier molecular flexibility index (Phi) is 4.74. The zero-order valence-electron chi connectivity index (χ0n) is 11.6. The highest BCUT2D eigenvalue weighted by Gasteiger charge is 2.12. The summed E-state index contributed by atoms with van der Waals surface area (Å²) in [7, 11) is 1.88. The van der Waals surface area contributed by atoms with Crippen LogP contribution >= 0.6 is 11.3 Å². The molecular formula is C14H20N4S. The number of aryl methyl sites for hydroxylation is 1. The number of rotatable bonds is 6. The number of thiophene rings is 1. The molecule has 0 aliphatic carbocycles. The van der Waals surface area contributed by atoms with Crippen LogP contribution in [0.2, 0.25) is 0 Å². The molecule has 4 nitrogen and oxygen atoms in total. The second-order valence-electron chi connectivity index (χ2n) is 4.28. The van der Waals surface area contributed by atoms with Crippen molar-refractivity contribution < 1.29 is 0 Å². The van der Waals surface area contributed by atoms with E-state index in [0.29, 0.717) is 6.04 Å². The summed E-state index contributed by atoms with van der Waals surface area (Å²) in [5.41, 5.74) is 0. The molecule has 0 saturated carbocycles.